The smallest absolute Gasteiger partial charge is 0.135 e. The van der Waals surface area contributed by atoms with Crippen LogP contribution in [0.25, 0.3) is 0 Å². The maximum atomic E-state index is 5.96. The largest absolute Gasteiger partial charge is 0.363 e. The van der Waals surface area contributed by atoms with E-state index in [0.717, 1.165) is 16.0 Å². The Morgan fingerprint density at radius 3 is 2.58 bits per heavy atom. The molecule has 0 amide bonds. The molecule has 0 radical (unpaired) electrons. The summed E-state index contributed by atoms with van der Waals surface area (Å²) in [5.41, 5.74) is -0.0484. The van der Waals surface area contributed by atoms with Crippen molar-refractivity contribution in [1.82, 2.24) is 9.97 Å². The lowest BCUT2D eigenvalue weighted by Gasteiger charge is -2.18. The summed E-state index contributed by atoms with van der Waals surface area (Å²) in [7, 11) is 0. The minimum absolute atomic E-state index is 0.0484. The van der Waals surface area contributed by atoms with Crippen molar-refractivity contribution in [1.29, 1.82) is 0 Å². The molecule has 2 aromatic rings. The van der Waals surface area contributed by atoms with Gasteiger partial charge in [0.05, 0.1) is 10.4 Å². The van der Waals surface area contributed by atoms with Crippen molar-refractivity contribution in [3.8, 4) is 0 Å². The maximum Gasteiger partial charge on any atom is 0.135 e. The van der Waals surface area contributed by atoms with Gasteiger partial charge < -0.3 is 5.32 Å². The Hall–Kier alpha value is -1.13. The zero-order valence-corrected chi connectivity index (χ0v) is 13.1. The monoisotopic (exact) mass is 295 g/mol. The van der Waals surface area contributed by atoms with Crippen LogP contribution in [0.15, 0.2) is 24.4 Å². The molecule has 1 unspecified atom stereocenters. The summed E-state index contributed by atoms with van der Waals surface area (Å²) in [6.07, 6.45) is 1.80. The molecule has 3 nitrogen and oxygen atoms in total. The molecule has 2 rings (SSSR count). The highest BCUT2D eigenvalue weighted by molar-refractivity contribution is 7.16. The van der Waals surface area contributed by atoms with Crippen LogP contribution in [0.5, 0.6) is 0 Å². The van der Waals surface area contributed by atoms with Crippen LogP contribution in [0.4, 0.5) is 5.82 Å². The zero-order valence-electron chi connectivity index (χ0n) is 11.6. The van der Waals surface area contributed by atoms with Crippen LogP contribution in [0.1, 0.15) is 44.4 Å². The highest BCUT2D eigenvalue weighted by Crippen LogP contribution is 2.29. The van der Waals surface area contributed by atoms with Gasteiger partial charge in [0, 0.05) is 16.5 Å². The molecule has 0 aliphatic rings. The van der Waals surface area contributed by atoms with Crippen LogP contribution in [0.3, 0.4) is 0 Å². The Morgan fingerprint density at radius 1 is 1.26 bits per heavy atom. The predicted molar refractivity (Wildman–Crippen MR) is 82.1 cm³/mol. The van der Waals surface area contributed by atoms with Crippen molar-refractivity contribution < 1.29 is 0 Å². The van der Waals surface area contributed by atoms with Crippen molar-refractivity contribution in [2.24, 2.45) is 0 Å². The van der Waals surface area contributed by atoms with E-state index in [0.29, 0.717) is 0 Å². The molecule has 0 spiro atoms. The predicted octanol–water partition coefficient (Wildman–Crippen LogP) is 4.66. The first-order valence-corrected chi connectivity index (χ1v) is 7.41. The average Bonchev–Trinajstić information content (AvgIpc) is 2.75. The zero-order chi connectivity index (χ0) is 14.0. The standard InChI is InChI=1S/C14H18ClN3S/c1-9(10-5-6-11(15)19-10)17-12-7-8-16-13(18-12)14(2,3)4/h5-9H,1-4H3,(H,16,17,18). The molecule has 19 heavy (non-hydrogen) atoms. The van der Waals surface area contributed by atoms with E-state index in [1.807, 2.05) is 18.2 Å². The van der Waals surface area contributed by atoms with Gasteiger partial charge in [-0.2, -0.15) is 0 Å². The molecule has 0 aromatic carbocycles. The summed E-state index contributed by atoms with van der Waals surface area (Å²) < 4.78 is 0.807. The van der Waals surface area contributed by atoms with Crippen LogP contribution in [0.2, 0.25) is 4.34 Å². The number of anilines is 1. The average molecular weight is 296 g/mol. The number of thiophene rings is 1. The molecule has 0 aliphatic carbocycles. The second-order valence-corrected chi connectivity index (χ2v) is 7.27. The minimum atomic E-state index is -0.0484. The lowest BCUT2D eigenvalue weighted by Crippen LogP contribution is -2.17. The molecule has 102 valence electrons. The van der Waals surface area contributed by atoms with Crippen molar-refractivity contribution in [3.05, 3.63) is 39.4 Å². The Morgan fingerprint density at radius 2 is 2.00 bits per heavy atom. The number of hydrogen-bond donors (Lipinski definition) is 1. The lowest BCUT2D eigenvalue weighted by atomic mass is 9.96. The SMILES string of the molecule is CC(Nc1ccnc(C(C)(C)C)n1)c1ccc(Cl)s1. The van der Waals surface area contributed by atoms with Gasteiger partial charge in [-0.25, -0.2) is 9.97 Å². The van der Waals surface area contributed by atoms with E-state index in [2.05, 4.69) is 43.0 Å². The normalized spacial score (nSPS) is 13.3. The molecule has 5 heteroatoms. The Kier molecular flexibility index (Phi) is 4.11. The fraction of sp³-hybridized carbons (Fsp3) is 0.429. The van der Waals surface area contributed by atoms with Crippen molar-refractivity contribution in [2.45, 2.75) is 39.2 Å². The third-order valence-electron chi connectivity index (χ3n) is 2.71. The van der Waals surface area contributed by atoms with E-state index >= 15 is 0 Å². The number of nitrogens with zero attached hydrogens (tertiary/aromatic N) is 2. The lowest BCUT2D eigenvalue weighted by molar-refractivity contribution is 0.545. The van der Waals surface area contributed by atoms with Gasteiger partial charge >= 0.3 is 0 Å². The van der Waals surface area contributed by atoms with Crippen molar-refractivity contribution >= 4 is 28.8 Å². The third kappa shape index (κ3) is 3.67. The first kappa shape index (κ1) is 14.3. The fourth-order valence-electron chi connectivity index (χ4n) is 1.65. The van der Waals surface area contributed by atoms with Gasteiger partial charge in [-0.1, -0.05) is 32.4 Å². The van der Waals surface area contributed by atoms with Gasteiger partial charge in [0.15, 0.2) is 0 Å². The maximum absolute atomic E-state index is 5.96. The Bertz CT molecular complexity index is 560. The van der Waals surface area contributed by atoms with E-state index in [4.69, 9.17) is 11.6 Å². The first-order valence-electron chi connectivity index (χ1n) is 6.21. The Balaban J connectivity index is 2.15. The van der Waals surface area contributed by atoms with Crippen molar-refractivity contribution in [2.75, 3.05) is 5.32 Å². The Labute approximate surface area is 123 Å². The molecule has 0 saturated heterocycles. The van der Waals surface area contributed by atoms with Gasteiger partial charge in [-0.05, 0) is 25.1 Å². The van der Waals surface area contributed by atoms with E-state index in [-0.39, 0.29) is 11.5 Å². The second kappa shape index (κ2) is 5.47. The van der Waals surface area contributed by atoms with Crippen LogP contribution < -0.4 is 5.32 Å². The summed E-state index contributed by atoms with van der Waals surface area (Å²) in [6.45, 7) is 8.42. The number of halogens is 1. The van der Waals surface area contributed by atoms with Gasteiger partial charge in [0.25, 0.3) is 0 Å². The van der Waals surface area contributed by atoms with Gasteiger partial charge in [-0.15, -0.1) is 11.3 Å². The van der Waals surface area contributed by atoms with E-state index in [1.165, 1.54) is 4.88 Å². The second-order valence-electron chi connectivity index (χ2n) is 5.52. The molecule has 0 bridgehead atoms. The van der Waals surface area contributed by atoms with Crippen molar-refractivity contribution in [3.63, 3.8) is 0 Å². The first-order chi connectivity index (χ1) is 8.86. The summed E-state index contributed by atoms with van der Waals surface area (Å²) in [6, 6.07) is 6.03. The summed E-state index contributed by atoms with van der Waals surface area (Å²) in [4.78, 5) is 10.1. The number of rotatable bonds is 3. The molecule has 0 aliphatic heterocycles. The van der Waals surface area contributed by atoms with Crippen LogP contribution in [-0.2, 0) is 5.41 Å². The summed E-state index contributed by atoms with van der Waals surface area (Å²) >= 11 is 7.54. The number of hydrogen-bond acceptors (Lipinski definition) is 4. The van der Waals surface area contributed by atoms with Gasteiger partial charge in [0.1, 0.15) is 11.6 Å². The van der Waals surface area contributed by atoms with Crippen LogP contribution in [-0.4, -0.2) is 9.97 Å². The number of nitrogens with one attached hydrogen (secondary N) is 1. The highest BCUT2D eigenvalue weighted by Gasteiger charge is 2.18. The van der Waals surface area contributed by atoms with E-state index in [1.54, 1.807) is 17.5 Å². The quantitative estimate of drug-likeness (QED) is 0.895. The molecule has 1 atom stereocenters. The molecule has 0 fully saturated rings. The fourth-order valence-corrected chi connectivity index (χ4v) is 2.72. The molecule has 1 N–H and O–H groups in total. The molecular weight excluding hydrogens is 278 g/mol. The van der Waals surface area contributed by atoms with Crippen LogP contribution in [0, 0.1) is 0 Å². The summed E-state index contributed by atoms with van der Waals surface area (Å²) in [5, 5.41) is 3.38. The topological polar surface area (TPSA) is 37.8 Å². The van der Waals surface area contributed by atoms with E-state index in [9.17, 15) is 0 Å². The highest BCUT2D eigenvalue weighted by atomic mass is 35.5. The van der Waals surface area contributed by atoms with Crippen LogP contribution >= 0.6 is 22.9 Å². The third-order valence-corrected chi connectivity index (χ3v) is 4.13. The number of aromatic nitrogens is 2. The molecule has 2 aromatic heterocycles. The van der Waals surface area contributed by atoms with E-state index < -0.39 is 0 Å². The summed E-state index contributed by atoms with van der Waals surface area (Å²) in [5.74, 6) is 1.69. The van der Waals surface area contributed by atoms with Gasteiger partial charge in [-0.3, -0.25) is 0 Å². The molecule has 0 saturated carbocycles. The minimum Gasteiger partial charge on any atom is -0.363 e. The molecule has 2 heterocycles. The molecular formula is C14H18ClN3S. The van der Waals surface area contributed by atoms with Gasteiger partial charge in [0.2, 0.25) is 0 Å².